The molecule has 0 aliphatic rings. The van der Waals surface area contributed by atoms with E-state index >= 15 is 0 Å². The summed E-state index contributed by atoms with van der Waals surface area (Å²) in [6.07, 6.45) is 58.1. The van der Waals surface area contributed by atoms with Crippen molar-refractivity contribution in [3.8, 4) is 0 Å². The molecule has 3 N–H and O–H groups in total. The van der Waals surface area contributed by atoms with E-state index in [0.717, 1.165) is 89.9 Å². The van der Waals surface area contributed by atoms with Crippen LogP contribution < -0.4 is 0 Å². The Morgan fingerprint density at radius 2 is 0.430 bits per heavy atom. The van der Waals surface area contributed by atoms with Crippen molar-refractivity contribution in [2.24, 2.45) is 0 Å². The van der Waals surface area contributed by atoms with E-state index in [9.17, 15) is 43.2 Å². The minimum Gasteiger partial charge on any atom is -0.462 e. The van der Waals surface area contributed by atoms with Gasteiger partial charge in [0.15, 0.2) is 12.2 Å². The molecule has 0 rings (SSSR count). The van der Waals surface area contributed by atoms with E-state index in [-0.39, 0.29) is 25.7 Å². The molecule has 552 valence electrons. The standard InChI is InChI=1S/C74H144O17P2/c1-5-9-13-17-21-25-29-31-32-33-34-35-36-38-41-45-49-53-57-61-74(79)91-70(65-85-72(77)59-55-51-47-43-40-37-30-26-22-18-14-10-6-2)67-89-93(82,83)87-63-68(75)62-86-92(80,81)88-66-69(64-84-71(76)58-54-50-46-42-28-24-20-16-12-8-4)90-73(78)60-56-52-48-44-39-27-23-19-15-11-7-3/h68-70,75H,5-67H2,1-4H3,(H,80,81)(H,82,83)/t68-,69+,70+/m0/s1. The predicted molar refractivity (Wildman–Crippen MR) is 377 cm³/mol. The maximum Gasteiger partial charge on any atom is 0.472 e. The maximum atomic E-state index is 13.1. The fraction of sp³-hybridized carbons (Fsp3) is 0.946. The highest BCUT2D eigenvalue weighted by Gasteiger charge is 2.30. The van der Waals surface area contributed by atoms with Gasteiger partial charge in [-0.25, -0.2) is 9.13 Å². The van der Waals surface area contributed by atoms with E-state index in [2.05, 4.69) is 27.7 Å². The second kappa shape index (κ2) is 68.6. The fourth-order valence-electron chi connectivity index (χ4n) is 11.4. The number of carbonyl (C=O) groups excluding carboxylic acids is 4. The Morgan fingerprint density at radius 1 is 0.258 bits per heavy atom. The summed E-state index contributed by atoms with van der Waals surface area (Å²) in [5.41, 5.74) is 0. The SMILES string of the molecule is CCCCCCCCCCCCCCCCCCCCCC(=O)O[C@H](COC(=O)CCCCCCCCCCCCCCC)COP(=O)(O)OC[C@@H](O)COP(=O)(O)OC[C@@H](COC(=O)CCCCCCCCCCCC)OC(=O)CCCCCCCCCCCCC. The zero-order valence-electron chi connectivity index (χ0n) is 60.2. The molecule has 0 saturated heterocycles. The highest BCUT2D eigenvalue weighted by atomic mass is 31.2. The molecule has 0 bridgehead atoms. The number of phosphoric ester groups is 2. The fourth-order valence-corrected chi connectivity index (χ4v) is 13.0. The highest BCUT2D eigenvalue weighted by Crippen LogP contribution is 2.45. The minimum atomic E-state index is -4.95. The Balaban J connectivity index is 5.21. The molecule has 2 unspecified atom stereocenters. The molecule has 0 saturated carbocycles. The van der Waals surface area contributed by atoms with Gasteiger partial charge in [-0.15, -0.1) is 0 Å². The smallest absolute Gasteiger partial charge is 0.462 e. The molecule has 0 amide bonds. The molecule has 0 aromatic rings. The third-order valence-corrected chi connectivity index (χ3v) is 19.3. The van der Waals surface area contributed by atoms with Crippen LogP contribution in [0, 0.1) is 0 Å². The van der Waals surface area contributed by atoms with Crippen LogP contribution >= 0.6 is 15.6 Å². The van der Waals surface area contributed by atoms with Crippen molar-refractivity contribution in [1.82, 2.24) is 0 Å². The molecular weight excluding hydrogens is 1220 g/mol. The van der Waals surface area contributed by atoms with E-state index in [4.69, 9.17) is 37.0 Å². The summed E-state index contributed by atoms with van der Waals surface area (Å²) in [4.78, 5) is 72.7. The van der Waals surface area contributed by atoms with Crippen molar-refractivity contribution >= 4 is 39.5 Å². The quantitative estimate of drug-likeness (QED) is 0.0222. The third-order valence-electron chi connectivity index (χ3n) is 17.4. The van der Waals surface area contributed by atoms with Gasteiger partial charge in [0.1, 0.15) is 19.3 Å². The van der Waals surface area contributed by atoms with Crippen LogP contribution in [0.1, 0.15) is 394 Å². The van der Waals surface area contributed by atoms with Gasteiger partial charge >= 0.3 is 39.5 Å². The Hall–Kier alpha value is -1.94. The maximum absolute atomic E-state index is 13.1. The molecule has 0 aromatic carbocycles. The number of unbranched alkanes of at least 4 members (excludes halogenated alkanes) is 49. The molecule has 5 atom stereocenters. The molecule has 0 aliphatic carbocycles. The molecule has 0 spiro atoms. The van der Waals surface area contributed by atoms with Crippen molar-refractivity contribution < 1.29 is 80.2 Å². The van der Waals surface area contributed by atoms with Gasteiger partial charge < -0.3 is 33.8 Å². The van der Waals surface area contributed by atoms with E-state index < -0.39 is 97.5 Å². The first-order valence-electron chi connectivity index (χ1n) is 38.8. The zero-order valence-corrected chi connectivity index (χ0v) is 62.0. The van der Waals surface area contributed by atoms with Gasteiger partial charge in [0.05, 0.1) is 26.4 Å². The number of carbonyl (C=O) groups is 4. The number of esters is 4. The second-order valence-electron chi connectivity index (χ2n) is 26.7. The Bertz CT molecular complexity index is 1770. The van der Waals surface area contributed by atoms with Crippen molar-refractivity contribution in [2.75, 3.05) is 39.6 Å². The van der Waals surface area contributed by atoms with Crippen LogP contribution in [0.15, 0.2) is 0 Å². The van der Waals surface area contributed by atoms with E-state index in [1.807, 2.05) is 0 Å². The molecule has 93 heavy (non-hydrogen) atoms. The molecule has 0 radical (unpaired) electrons. The average molecular weight is 1370 g/mol. The van der Waals surface area contributed by atoms with E-state index in [1.54, 1.807) is 0 Å². The first-order chi connectivity index (χ1) is 45.2. The summed E-state index contributed by atoms with van der Waals surface area (Å²) >= 11 is 0. The van der Waals surface area contributed by atoms with Crippen molar-refractivity contribution in [3.63, 3.8) is 0 Å². The summed E-state index contributed by atoms with van der Waals surface area (Å²) in [7, 11) is -9.90. The molecule has 19 heteroatoms. The Kier molecular flexibility index (Phi) is 67.1. The number of phosphoric acid groups is 2. The van der Waals surface area contributed by atoms with E-state index in [1.165, 1.54) is 225 Å². The van der Waals surface area contributed by atoms with E-state index in [0.29, 0.717) is 25.7 Å². The monoisotopic (exact) mass is 1370 g/mol. The van der Waals surface area contributed by atoms with Crippen LogP contribution in [0.25, 0.3) is 0 Å². The second-order valence-corrected chi connectivity index (χ2v) is 29.6. The molecule has 0 aliphatic heterocycles. The normalized spacial score (nSPS) is 13.9. The Morgan fingerprint density at radius 3 is 0.634 bits per heavy atom. The lowest BCUT2D eigenvalue weighted by molar-refractivity contribution is -0.161. The van der Waals surface area contributed by atoms with Crippen LogP contribution in [0.2, 0.25) is 0 Å². The predicted octanol–water partition coefficient (Wildman–Crippen LogP) is 21.8. The molecule has 0 fully saturated rings. The van der Waals surface area contributed by atoms with Gasteiger partial charge in [-0.05, 0) is 25.7 Å². The van der Waals surface area contributed by atoms with Gasteiger partial charge in [-0.3, -0.25) is 37.3 Å². The van der Waals surface area contributed by atoms with Crippen molar-refractivity contribution in [3.05, 3.63) is 0 Å². The molecule has 0 heterocycles. The minimum absolute atomic E-state index is 0.108. The van der Waals surface area contributed by atoms with Crippen LogP contribution in [-0.4, -0.2) is 96.7 Å². The summed E-state index contributed by atoms with van der Waals surface area (Å²) in [5.74, 6) is -2.11. The highest BCUT2D eigenvalue weighted by molar-refractivity contribution is 7.47. The van der Waals surface area contributed by atoms with Gasteiger partial charge in [-0.1, -0.05) is 342 Å². The van der Waals surface area contributed by atoms with Gasteiger partial charge in [-0.2, -0.15) is 0 Å². The summed E-state index contributed by atoms with van der Waals surface area (Å²) < 4.78 is 68.4. The lowest BCUT2D eigenvalue weighted by atomic mass is 10.0. The zero-order chi connectivity index (χ0) is 68.2. The van der Waals surface area contributed by atoms with Crippen molar-refractivity contribution in [2.45, 2.75) is 412 Å². The number of rotatable bonds is 75. The Labute approximate surface area is 568 Å². The van der Waals surface area contributed by atoms with Gasteiger partial charge in [0.25, 0.3) is 0 Å². The summed E-state index contributed by atoms with van der Waals surface area (Å²) in [5, 5.41) is 10.6. The number of hydrogen-bond acceptors (Lipinski definition) is 15. The van der Waals surface area contributed by atoms with Gasteiger partial charge in [0.2, 0.25) is 0 Å². The number of aliphatic hydroxyl groups excluding tert-OH is 1. The van der Waals surface area contributed by atoms with Crippen LogP contribution in [0.4, 0.5) is 0 Å². The molecular formula is C74H144O17P2. The first-order valence-corrected chi connectivity index (χ1v) is 41.8. The summed E-state index contributed by atoms with van der Waals surface area (Å²) in [6, 6.07) is 0. The molecule has 17 nitrogen and oxygen atoms in total. The first kappa shape index (κ1) is 91.1. The average Bonchev–Trinajstić information content (AvgIpc) is 3.47. The number of ether oxygens (including phenoxy) is 4. The largest absolute Gasteiger partial charge is 0.472 e. The lowest BCUT2D eigenvalue weighted by Crippen LogP contribution is -2.30. The lowest BCUT2D eigenvalue weighted by Gasteiger charge is -2.21. The molecule has 0 aromatic heterocycles. The summed E-state index contributed by atoms with van der Waals surface area (Å²) in [6.45, 7) is 4.97. The van der Waals surface area contributed by atoms with Gasteiger partial charge in [0, 0.05) is 25.7 Å². The van der Waals surface area contributed by atoms with Crippen LogP contribution in [0.3, 0.4) is 0 Å². The van der Waals surface area contributed by atoms with Crippen molar-refractivity contribution in [1.29, 1.82) is 0 Å². The van der Waals surface area contributed by atoms with Crippen LogP contribution in [0.5, 0.6) is 0 Å². The van der Waals surface area contributed by atoms with Crippen LogP contribution in [-0.2, 0) is 65.4 Å². The topological polar surface area (TPSA) is 237 Å². The number of hydrogen-bond donors (Lipinski definition) is 3. The third kappa shape index (κ3) is 68.4. The number of aliphatic hydroxyl groups is 1.